The van der Waals surface area contributed by atoms with Gasteiger partial charge in [-0.25, -0.2) is 0 Å². The molecule has 21 heavy (non-hydrogen) atoms. The van der Waals surface area contributed by atoms with Gasteiger partial charge in [-0.05, 0) is 98.2 Å². The predicted molar refractivity (Wildman–Crippen MR) is 93.7 cm³/mol. The fourth-order valence-electron chi connectivity index (χ4n) is 7.28. The fraction of sp³-hybridized carbons (Fsp3) is 1.00. The van der Waals surface area contributed by atoms with E-state index in [1.807, 2.05) is 0 Å². The van der Waals surface area contributed by atoms with Gasteiger partial charge in [0.15, 0.2) is 0 Å². The van der Waals surface area contributed by atoms with E-state index in [4.69, 9.17) is 12.6 Å². The van der Waals surface area contributed by atoms with E-state index in [1.165, 1.54) is 44.9 Å². The topological polar surface area (TPSA) is 0 Å². The molecule has 0 heterocycles. The first-order valence-electron chi connectivity index (χ1n) is 9.59. The second-order valence-corrected chi connectivity index (χ2v) is 10.6. The van der Waals surface area contributed by atoms with Crippen LogP contribution in [-0.4, -0.2) is 5.25 Å². The number of thiol groups is 1. The van der Waals surface area contributed by atoms with Crippen LogP contribution in [0.3, 0.4) is 0 Å². The minimum absolute atomic E-state index is 0.574. The molecule has 120 valence electrons. The molecule has 0 aromatic carbocycles. The predicted octanol–water partition coefficient (Wildman–Crippen LogP) is 5.96. The molecule has 0 aromatic heterocycles. The average Bonchev–Trinajstić information content (AvgIpc) is 2.73. The van der Waals surface area contributed by atoms with Crippen molar-refractivity contribution in [2.24, 2.45) is 40.4 Å². The molecule has 0 nitrogen and oxygen atoms in total. The quantitative estimate of drug-likeness (QED) is 0.524. The molecule has 0 bridgehead atoms. The van der Waals surface area contributed by atoms with E-state index in [0.29, 0.717) is 16.1 Å². The van der Waals surface area contributed by atoms with Gasteiger partial charge in [0.1, 0.15) is 0 Å². The molecule has 0 aromatic rings. The summed E-state index contributed by atoms with van der Waals surface area (Å²) in [6, 6.07) is 0. The second kappa shape index (κ2) is 4.92. The molecule has 4 rings (SSSR count). The highest BCUT2D eigenvalue weighted by molar-refractivity contribution is 7.81. The highest BCUT2D eigenvalue weighted by atomic mass is 32.1. The molecule has 4 saturated carbocycles. The molecular weight excluding hydrogens is 272 g/mol. The normalized spacial score (nSPS) is 55.4. The lowest BCUT2D eigenvalue weighted by atomic mass is 9.49. The third-order valence-electron chi connectivity index (χ3n) is 8.44. The lowest BCUT2D eigenvalue weighted by molar-refractivity contribution is -0.0645. The zero-order chi connectivity index (χ0) is 14.8. The zero-order valence-corrected chi connectivity index (χ0v) is 15.2. The van der Waals surface area contributed by atoms with Crippen LogP contribution in [0.1, 0.15) is 78.6 Å². The van der Waals surface area contributed by atoms with Gasteiger partial charge < -0.3 is 0 Å². The first-order chi connectivity index (χ1) is 9.91. The Balaban J connectivity index is 1.56. The van der Waals surface area contributed by atoms with E-state index in [2.05, 4.69) is 20.8 Å². The lowest BCUT2D eigenvalue weighted by Crippen LogP contribution is -2.49. The van der Waals surface area contributed by atoms with Crippen LogP contribution in [0.15, 0.2) is 0 Å². The van der Waals surface area contributed by atoms with Gasteiger partial charge in [0.05, 0.1) is 0 Å². The van der Waals surface area contributed by atoms with Gasteiger partial charge in [0.25, 0.3) is 0 Å². The van der Waals surface area contributed by atoms with Crippen molar-refractivity contribution in [3.05, 3.63) is 0 Å². The maximum atomic E-state index is 4.97. The van der Waals surface area contributed by atoms with E-state index in [0.717, 1.165) is 29.6 Å². The molecule has 0 N–H and O–H groups in total. The Bertz CT molecular complexity index is 414. The highest BCUT2D eigenvalue weighted by Crippen LogP contribution is 2.64. The van der Waals surface area contributed by atoms with Crippen LogP contribution in [0.4, 0.5) is 0 Å². The molecule has 0 aliphatic heterocycles. The first kappa shape index (κ1) is 14.9. The number of hydrogen-bond acceptors (Lipinski definition) is 1. The molecule has 4 aliphatic rings. The highest BCUT2D eigenvalue weighted by Gasteiger charge is 2.56. The Labute approximate surface area is 137 Å². The summed E-state index contributed by atoms with van der Waals surface area (Å²) >= 11 is 4.97. The molecule has 0 amide bonds. The van der Waals surface area contributed by atoms with Gasteiger partial charge in [-0.2, -0.15) is 12.6 Å². The molecule has 0 saturated heterocycles. The van der Waals surface area contributed by atoms with Crippen LogP contribution in [-0.2, 0) is 0 Å². The van der Waals surface area contributed by atoms with Crippen LogP contribution < -0.4 is 0 Å². The molecule has 4 fully saturated rings. The van der Waals surface area contributed by atoms with Gasteiger partial charge in [0.2, 0.25) is 0 Å². The van der Waals surface area contributed by atoms with Gasteiger partial charge in [-0.15, -0.1) is 0 Å². The molecule has 4 aliphatic carbocycles. The Morgan fingerprint density at radius 1 is 0.762 bits per heavy atom. The Morgan fingerprint density at radius 3 is 2.33 bits per heavy atom. The van der Waals surface area contributed by atoms with Crippen molar-refractivity contribution >= 4 is 12.6 Å². The Hall–Kier alpha value is 0.350. The molecule has 0 unspecified atom stereocenters. The summed E-state index contributed by atoms with van der Waals surface area (Å²) in [6.07, 6.45) is 13.5. The maximum absolute atomic E-state index is 4.97. The van der Waals surface area contributed by atoms with Crippen molar-refractivity contribution in [1.82, 2.24) is 0 Å². The van der Waals surface area contributed by atoms with Crippen molar-refractivity contribution in [2.75, 3.05) is 0 Å². The number of fused-ring (bicyclic) bond motifs is 5. The van der Waals surface area contributed by atoms with Crippen molar-refractivity contribution in [2.45, 2.75) is 83.8 Å². The number of rotatable bonds is 0. The third-order valence-corrected chi connectivity index (χ3v) is 9.29. The second-order valence-electron chi connectivity index (χ2n) is 9.98. The standard InChI is InChI=1S/C20H34S/c1-19(2)10-8-14-13(12-19)4-5-16-15(14)9-11-20(3)17(16)6-7-18(20)21/h13-18,21H,4-12H2,1-3H3/t13-,14+,15-,16-,17+,18+,20+/m1/s1. The summed E-state index contributed by atoms with van der Waals surface area (Å²) in [6.45, 7) is 7.60. The molecular formula is C20H34S. The summed E-state index contributed by atoms with van der Waals surface area (Å²) in [5.74, 6) is 5.29. The first-order valence-corrected chi connectivity index (χ1v) is 10.1. The monoisotopic (exact) mass is 306 g/mol. The van der Waals surface area contributed by atoms with E-state index in [1.54, 1.807) is 12.8 Å². The third kappa shape index (κ3) is 2.24. The summed E-state index contributed by atoms with van der Waals surface area (Å²) < 4.78 is 0. The maximum Gasteiger partial charge on any atom is 0.00735 e. The van der Waals surface area contributed by atoms with E-state index >= 15 is 0 Å². The van der Waals surface area contributed by atoms with Crippen LogP contribution in [0.25, 0.3) is 0 Å². The lowest BCUT2D eigenvalue weighted by Gasteiger charge is -2.57. The van der Waals surface area contributed by atoms with Gasteiger partial charge in [-0.3, -0.25) is 0 Å². The Kier molecular flexibility index (Phi) is 3.49. The van der Waals surface area contributed by atoms with Gasteiger partial charge >= 0.3 is 0 Å². The van der Waals surface area contributed by atoms with Crippen molar-refractivity contribution in [1.29, 1.82) is 0 Å². The van der Waals surface area contributed by atoms with Crippen molar-refractivity contribution < 1.29 is 0 Å². The fourth-order valence-corrected chi connectivity index (χ4v) is 7.75. The minimum atomic E-state index is 0.574. The molecule has 1 heteroatoms. The average molecular weight is 307 g/mol. The van der Waals surface area contributed by atoms with Crippen LogP contribution in [0.5, 0.6) is 0 Å². The smallest absolute Gasteiger partial charge is 0.00735 e. The Morgan fingerprint density at radius 2 is 1.52 bits per heavy atom. The summed E-state index contributed by atoms with van der Waals surface area (Å²) in [7, 11) is 0. The van der Waals surface area contributed by atoms with Crippen LogP contribution in [0, 0.1) is 40.4 Å². The molecule has 0 spiro atoms. The van der Waals surface area contributed by atoms with Crippen LogP contribution >= 0.6 is 12.6 Å². The number of hydrogen-bond donors (Lipinski definition) is 1. The minimum Gasteiger partial charge on any atom is -0.175 e. The summed E-state index contributed by atoms with van der Waals surface area (Å²) in [5, 5.41) is 0.687. The van der Waals surface area contributed by atoms with E-state index < -0.39 is 0 Å². The van der Waals surface area contributed by atoms with Crippen LogP contribution in [0.2, 0.25) is 0 Å². The summed E-state index contributed by atoms with van der Waals surface area (Å²) in [4.78, 5) is 0. The zero-order valence-electron chi connectivity index (χ0n) is 14.3. The van der Waals surface area contributed by atoms with Gasteiger partial charge in [-0.1, -0.05) is 20.8 Å². The van der Waals surface area contributed by atoms with Crippen molar-refractivity contribution in [3.8, 4) is 0 Å². The van der Waals surface area contributed by atoms with Crippen molar-refractivity contribution in [3.63, 3.8) is 0 Å². The largest absolute Gasteiger partial charge is 0.175 e. The van der Waals surface area contributed by atoms with E-state index in [-0.39, 0.29) is 0 Å². The molecule has 7 atom stereocenters. The summed E-state index contributed by atoms with van der Waals surface area (Å²) in [5.41, 5.74) is 1.20. The van der Waals surface area contributed by atoms with E-state index in [9.17, 15) is 0 Å². The van der Waals surface area contributed by atoms with Gasteiger partial charge in [0, 0.05) is 5.25 Å². The molecule has 0 radical (unpaired) electrons. The SMILES string of the molecule is CC1(C)CC[C@H]2[C@H](CC[C@@H]3[C@@H]2CC[C@]2(C)[C@@H](S)CC[C@@H]32)C1.